The van der Waals surface area contributed by atoms with E-state index >= 15 is 0 Å². The van der Waals surface area contributed by atoms with Gasteiger partial charge in [-0.1, -0.05) is 20.8 Å². The number of carboxylic acid groups (broad SMARTS) is 1. The highest BCUT2D eigenvalue weighted by Crippen LogP contribution is 2.26. The quantitative estimate of drug-likeness (QED) is 0.891. The van der Waals surface area contributed by atoms with Crippen molar-refractivity contribution in [1.82, 2.24) is 19.9 Å². The molecule has 0 saturated carbocycles. The van der Waals surface area contributed by atoms with Crippen LogP contribution in [0.3, 0.4) is 0 Å². The van der Waals surface area contributed by atoms with Crippen LogP contribution >= 0.6 is 0 Å². The number of nitrogens with zero attached hydrogens (tertiary/aromatic N) is 4. The molecule has 0 radical (unpaired) electrons. The molecule has 1 aliphatic rings. The van der Waals surface area contributed by atoms with Crippen LogP contribution in [0.4, 0.5) is 0 Å². The largest absolute Gasteiger partial charge is 0.478 e. The number of rotatable bonds is 4. The molecular weight excluding hydrogens is 344 g/mol. The van der Waals surface area contributed by atoms with Gasteiger partial charge < -0.3 is 10.0 Å². The van der Waals surface area contributed by atoms with Gasteiger partial charge in [0, 0.05) is 42.7 Å². The summed E-state index contributed by atoms with van der Waals surface area (Å²) in [7, 11) is 0. The highest BCUT2D eigenvalue weighted by Gasteiger charge is 2.32. The molecule has 2 aromatic heterocycles. The second kappa shape index (κ2) is 7.42. The first-order chi connectivity index (χ1) is 12.7. The van der Waals surface area contributed by atoms with E-state index in [9.17, 15) is 9.59 Å². The highest BCUT2D eigenvalue weighted by molar-refractivity contribution is 5.88. The van der Waals surface area contributed by atoms with Crippen LogP contribution in [0.1, 0.15) is 43.2 Å². The molecule has 1 saturated heterocycles. The van der Waals surface area contributed by atoms with Gasteiger partial charge in [0.05, 0.1) is 23.1 Å². The van der Waals surface area contributed by atoms with Crippen LogP contribution in [0.25, 0.3) is 11.3 Å². The molecule has 0 bridgehead atoms. The Morgan fingerprint density at radius 3 is 2.59 bits per heavy atom. The smallest absolute Gasteiger partial charge is 0.337 e. The Morgan fingerprint density at radius 2 is 1.96 bits per heavy atom. The van der Waals surface area contributed by atoms with Crippen LogP contribution in [0.2, 0.25) is 0 Å². The number of carbonyl (C=O) groups is 2. The minimum atomic E-state index is -1.02. The van der Waals surface area contributed by atoms with E-state index in [1.807, 2.05) is 25.7 Å². The fourth-order valence-electron chi connectivity index (χ4n) is 3.26. The van der Waals surface area contributed by atoms with Gasteiger partial charge in [0.1, 0.15) is 0 Å². The summed E-state index contributed by atoms with van der Waals surface area (Å²) in [5.74, 6) is -0.449. The summed E-state index contributed by atoms with van der Waals surface area (Å²) >= 11 is 0. The Bertz CT molecular complexity index is 843. The summed E-state index contributed by atoms with van der Waals surface area (Å²) in [6.07, 6.45) is 7.98. The third-order valence-electron chi connectivity index (χ3n) is 4.70. The average Bonchev–Trinajstić information content (AvgIpc) is 3.09. The summed E-state index contributed by atoms with van der Waals surface area (Å²) in [5.41, 5.74) is 1.85. The van der Waals surface area contributed by atoms with Gasteiger partial charge in [-0.05, 0) is 24.8 Å². The van der Waals surface area contributed by atoms with Crippen LogP contribution in [-0.2, 0) is 11.2 Å². The minimum absolute atomic E-state index is 0.118. The Kier molecular flexibility index (Phi) is 5.21. The van der Waals surface area contributed by atoms with Gasteiger partial charge in [0.15, 0.2) is 0 Å². The van der Waals surface area contributed by atoms with Crippen molar-refractivity contribution in [3.63, 3.8) is 0 Å². The molecule has 7 nitrogen and oxygen atoms in total. The molecule has 1 aliphatic heterocycles. The van der Waals surface area contributed by atoms with Gasteiger partial charge in [-0.15, -0.1) is 0 Å². The van der Waals surface area contributed by atoms with Crippen molar-refractivity contribution in [2.24, 2.45) is 11.3 Å². The molecule has 1 unspecified atom stereocenters. The van der Waals surface area contributed by atoms with E-state index in [4.69, 9.17) is 5.11 Å². The molecule has 0 spiro atoms. The van der Waals surface area contributed by atoms with E-state index in [1.165, 1.54) is 12.3 Å². The Morgan fingerprint density at radius 1 is 1.19 bits per heavy atom. The van der Waals surface area contributed by atoms with Crippen molar-refractivity contribution in [3.8, 4) is 11.3 Å². The van der Waals surface area contributed by atoms with E-state index in [2.05, 4.69) is 15.0 Å². The lowest BCUT2D eigenvalue weighted by Crippen LogP contribution is -2.38. The number of pyridine rings is 1. The fourth-order valence-corrected chi connectivity index (χ4v) is 3.26. The zero-order valence-corrected chi connectivity index (χ0v) is 15.8. The third kappa shape index (κ3) is 4.48. The fraction of sp³-hybridized carbons (Fsp3) is 0.450. The second-order valence-electron chi connectivity index (χ2n) is 8.02. The van der Waals surface area contributed by atoms with Crippen molar-refractivity contribution in [2.75, 3.05) is 13.1 Å². The molecule has 1 fully saturated rings. The van der Waals surface area contributed by atoms with E-state index in [0.29, 0.717) is 17.2 Å². The number of amides is 1. The molecule has 1 atom stereocenters. The van der Waals surface area contributed by atoms with Crippen LogP contribution in [-0.4, -0.2) is 49.9 Å². The maximum absolute atomic E-state index is 12.4. The number of likely N-dealkylation sites (tertiary alicyclic amines) is 1. The number of hydrogen-bond acceptors (Lipinski definition) is 5. The topological polar surface area (TPSA) is 96.3 Å². The zero-order chi connectivity index (χ0) is 19.6. The summed E-state index contributed by atoms with van der Waals surface area (Å²) < 4.78 is 0. The number of carbonyl (C=O) groups excluding carboxylic acids is 1. The Balaban J connectivity index is 1.64. The first kappa shape index (κ1) is 18.9. The van der Waals surface area contributed by atoms with E-state index in [0.717, 1.165) is 31.6 Å². The summed E-state index contributed by atoms with van der Waals surface area (Å²) in [6.45, 7) is 7.38. The van der Waals surface area contributed by atoms with Gasteiger partial charge in [0.2, 0.25) is 5.91 Å². The normalized spacial score (nSPS) is 17.1. The van der Waals surface area contributed by atoms with Crippen molar-refractivity contribution in [2.45, 2.75) is 33.6 Å². The number of carboxylic acids is 1. The lowest BCUT2D eigenvalue weighted by molar-refractivity contribution is -0.138. The van der Waals surface area contributed by atoms with Crippen LogP contribution in [0.5, 0.6) is 0 Å². The maximum atomic E-state index is 12.4. The molecule has 0 aliphatic carbocycles. The third-order valence-corrected chi connectivity index (χ3v) is 4.70. The van der Waals surface area contributed by atoms with Gasteiger partial charge in [0.25, 0.3) is 0 Å². The molecule has 142 valence electrons. The first-order valence-electron chi connectivity index (χ1n) is 9.03. The maximum Gasteiger partial charge on any atom is 0.337 e. The molecule has 1 amide bonds. The minimum Gasteiger partial charge on any atom is -0.478 e. The molecular formula is C20H24N4O3. The molecule has 1 N–H and O–H groups in total. The Hall–Kier alpha value is -2.83. The molecule has 7 heteroatoms. The van der Waals surface area contributed by atoms with Gasteiger partial charge in [-0.3, -0.25) is 19.7 Å². The van der Waals surface area contributed by atoms with Gasteiger partial charge in [-0.25, -0.2) is 4.79 Å². The molecule has 3 rings (SSSR count). The van der Waals surface area contributed by atoms with Crippen LogP contribution < -0.4 is 0 Å². The number of hydrogen-bond donors (Lipinski definition) is 1. The molecule has 2 aromatic rings. The van der Waals surface area contributed by atoms with Gasteiger partial charge in [-0.2, -0.15) is 0 Å². The Labute approximate surface area is 158 Å². The van der Waals surface area contributed by atoms with Crippen molar-refractivity contribution < 1.29 is 14.7 Å². The van der Waals surface area contributed by atoms with Crippen molar-refractivity contribution >= 4 is 11.9 Å². The SMILES string of the molecule is CC(C)(C)C(=O)N1CCC(Cc2cnc(-c3cncc(C(=O)O)c3)cn2)C1. The number of aromatic nitrogens is 3. The predicted octanol–water partition coefficient (Wildman–Crippen LogP) is 2.67. The molecule has 0 aromatic carbocycles. The summed E-state index contributed by atoms with van der Waals surface area (Å²) in [6, 6.07) is 1.53. The van der Waals surface area contributed by atoms with E-state index in [-0.39, 0.29) is 16.9 Å². The van der Waals surface area contributed by atoms with Crippen molar-refractivity contribution in [1.29, 1.82) is 0 Å². The zero-order valence-electron chi connectivity index (χ0n) is 15.8. The second-order valence-corrected chi connectivity index (χ2v) is 8.02. The van der Waals surface area contributed by atoms with Gasteiger partial charge >= 0.3 is 5.97 Å². The lowest BCUT2D eigenvalue weighted by atomic mass is 9.95. The summed E-state index contributed by atoms with van der Waals surface area (Å²) in [4.78, 5) is 38.2. The monoisotopic (exact) mass is 368 g/mol. The number of aromatic carboxylic acids is 1. The lowest BCUT2D eigenvalue weighted by Gasteiger charge is -2.25. The average molecular weight is 368 g/mol. The van der Waals surface area contributed by atoms with Crippen molar-refractivity contribution in [3.05, 3.63) is 42.1 Å². The summed E-state index contributed by atoms with van der Waals surface area (Å²) in [5, 5.41) is 9.07. The van der Waals surface area contributed by atoms with E-state index in [1.54, 1.807) is 18.6 Å². The van der Waals surface area contributed by atoms with E-state index < -0.39 is 5.97 Å². The predicted molar refractivity (Wildman–Crippen MR) is 100 cm³/mol. The van der Waals surface area contributed by atoms with Crippen LogP contribution in [0, 0.1) is 11.3 Å². The standard InChI is InChI=1S/C20H24N4O3/c1-20(2,3)19(27)24-5-4-13(12-24)6-16-10-23-17(11-22-16)14-7-15(18(25)26)9-21-8-14/h7-11,13H,4-6,12H2,1-3H3,(H,25,26). The van der Waals surface area contributed by atoms with Crippen LogP contribution in [0.15, 0.2) is 30.9 Å². The first-order valence-corrected chi connectivity index (χ1v) is 9.03. The molecule has 27 heavy (non-hydrogen) atoms. The molecule has 3 heterocycles. The highest BCUT2D eigenvalue weighted by atomic mass is 16.4.